The lowest BCUT2D eigenvalue weighted by molar-refractivity contribution is 0.0518. The van der Waals surface area contributed by atoms with Gasteiger partial charge in [0.25, 0.3) is 0 Å². The zero-order chi connectivity index (χ0) is 22.9. The standard InChI is InChI=1S/C25H24FN3O2Si/c1-5-31-25(30)24-22-15-27-23(18-8-6-7-9-20(18)26)19-14-17(12-13-32(2,3)4)10-11-21(19)29(22)16-28-24/h6-11,14,16H,5,15H2,1-4H3. The van der Waals surface area contributed by atoms with E-state index < -0.39 is 14.0 Å². The van der Waals surface area contributed by atoms with Gasteiger partial charge in [-0.2, -0.15) is 0 Å². The number of aromatic nitrogens is 2. The number of benzene rings is 2. The summed E-state index contributed by atoms with van der Waals surface area (Å²) in [5.41, 5.74) is 7.47. The second-order valence-electron chi connectivity index (χ2n) is 8.51. The number of hydrogen-bond acceptors (Lipinski definition) is 4. The first-order valence-corrected chi connectivity index (χ1v) is 14.0. The highest BCUT2D eigenvalue weighted by atomic mass is 28.3. The van der Waals surface area contributed by atoms with Gasteiger partial charge in [-0.15, -0.1) is 5.54 Å². The number of nitrogens with zero attached hydrogens (tertiary/aromatic N) is 3. The number of fused-ring (bicyclic) bond motifs is 3. The molecule has 2 heterocycles. The van der Waals surface area contributed by atoms with Gasteiger partial charge in [0.05, 0.1) is 30.2 Å². The third-order valence-electron chi connectivity index (χ3n) is 4.94. The van der Waals surface area contributed by atoms with Crippen LogP contribution in [0.25, 0.3) is 5.69 Å². The van der Waals surface area contributed by atoms with Gasteiger partial charge in [0, 0.05) is 16.7 Å². The normalized spacial score (nSPS) is 12.6. The zero-order valence-electron chi connectivity index (χ0n) is 18.6. The predicted molar refractivity (Wildman–Crippen MR) is 125 cm³/mol. The van der Waals surface area contributed by atoms with Crippen LogP contribution in [0.2, 0.25) is 19.6 Å². The Kier molecular flexibility index (Phi) is 5.81. The third kappa shape index (κ3) is 4.27. The van der Waals surface area contributed by atoms with E-state index in [1.54, 1.807) is 31.5 Å². The Bertz CT molecular complexity index is 1290. The van der Waals surface area contributed by atoms with Gasteiger partial charge in [-0.3, -0.25) is 9.56 Å². The molecule has 3 aromatic rings. The highest BCUT2D eigenvalue weighted by Gasteiger charge is 2.26. The Balaban J connectivity index is 1.93. The molecular weight excluding hydrogens is 421 g/mol. The Labute approximate surface area is 188 Å². The van der Waals surface area contributed by atoms with Crippen LogP contribution in [0.3, 0.4) is 0 Å². The van der Waals surface area contributed by atoms with Crippen molar-refractivity contribution in [3.63, 3.8) is 0 Å². The fourth-order valence-electron chi connectivity index (χ4n) is 3.50. The summed E-state index contributed by atoms with van der Waals surface area (Å²) in [6.07, 6.45) is 1.59. The average molecular weight is 446 g/mol. The molecule has 0 spiro atoms. The molecule has 0 bridgehead atoms. The first-order chi connectivity index (χ1) is 15.3. The van der Waals surface area contributed by atoms with Crippen molar-refractivity contribution in [3.05, 3.63) is 82.7 Å². The molecular formula is C25H24FN3O2Si. The van der Waals surface area contributed by atoms with E-state index in [0.717, 1.165) is 16.8 Å². The van der Waals surface area contributed by atoms with Crippen LogP contribution < -0.4 is 0 Å². The number of carbonyl (C=O) groups excluding carboxylic acids is 1. The number of imidazole rings is 1. The number of rotatable bonds is 3. The van der Waals surface area contributed by atoms with E-state index in [2.05, 4.69) is 36.1 Å². The lowest BCUT2D eigenvalue weighted by Crippen LogP contribution is -2.16. The van der Waals surface area contributed by atoms with Gasteiger partial charge in [-0.1, -0.05) is 37.7 Å². The maximum Gasteiger partial charge on any atom is 0.358 e. The van der Waals surface area contributed by atoms with Gasteiger partial charge in [0.1, 0.15) is 20.2 Å². The van der Waals surface area contributed by atoms with Crippen LogP contribution in [0, 0.1) is 17.3 Å². The van der Waals surface area contributed by atoms with Crippen molar-refractivity contribution in [1.82, 2.24) is 9.55 Å². The maximum atomic E-state index is 14.8. The molecule has 1 aromatic heterocycles. The molecule has 0 saturated carbocycles. The summed E-state index contributed by atoms with van der Waals surface area (Å²) >= 11 is 0. The van der Waals surface area contributed by atoms with Crippen LogP contribution in [0.4, 0.5) is 4.39 Å². The van der Waals surface area contributed by atoms with Crippen LogP contribution in [0.5, 0.6) is 0 Å². The predicted octanol–water partition coefficient (Wildman–Crippen LogP) is 4.77. The average Bonchev–Trinajstić information content (AvgIpc) is 3.10. The molecule has 1 aliphatic heterocycles. The summed E-state index contributed by atoms with van der Waals surface area (Å²) in [4.78, 5) is 21.4. The summed E-state index contributed by atoms with van der Waals surface area (Å²) < 4.78 is 21.8. The van der Waals surface area contributed by atoms with Gasteiger partial charge in [-0.25, -0.2) is 14.2 Å². The summed E-state index contributed by atoms with van der Waals surface area (Å²) in [7, 11) is -1.57. The van der Waals surface area contributed by atoms with Crippen molar-refractivity contribution >= 4 is 19.8 Å². The number of ether oxygens (including phenoxy) is 1. The third-order valence-corrected chi connectivity index (χ3v) is 5.82. The molecule has 1 aliphatic rings. The van der Waals surface area contributed by atoms with Gasteiger partial charge < -0.3 is 4.74 Å². The second kappa shape index (κ2) is 8.56. The maximum absolute atomic E-state index is 14.8. The monoisotopic (exact) mass is 445 g/mol. The molecule has 2 aromatic carbocycles. The second-order valence-corrected chi connectivity index (χ2v) is 13.3. The fourth-order valence-corrected chi connectivity index (χ4v) is 4.02. The zero-order valence-corrected chi connectivity index (χ0v) is 19.6. The topological polar surface area (TPSA) is 56.5 Å². The molecule has 0 N–H and O–H groups in total. The molecule has 32 heavy (non-hydrogen) atoms. The molecule has 4 rings (SSSR count). The van der Waals surface area contributed by atoms with E-state index in [1.807, 2.05) is 22.8 Å². The number of carbonyl (C=O) groups is 1. The number of hydrogen-bond donors (Lipinski definition) is 0. The Morgan fingerprint density at radius 3 is 2.69 bits per heavy atom. The van der Waals surface area contributed by atoms with Gasteiger partial charge >= 0.3 is 5.97 Å². The molecule has 0 amide bonds. The lowest BCUT2D eigenvalue weighted by atomic mass is 9.98. The minimum Gasteiger partial charge on any atom is -0.461 e. The molecule has 0 fully saturated rings. The van der Waals surface area contributed by atoms with Crippen LogP contribution >= 0.6 is 0 Å². The van der Waals surface area contributed by atoms with Crippen molar-refractivity contribution in [2.45, 2.75) is 33.1 Å². The van der Waals surface area contributed by atoms with E-state index in [9.17, 15) is 9.18 Å². The van der Waals surface area contributed by atoms with Crippen molar-refractivity contribution in [2.75, 3.05) is 6.61 Å². The largest absolute Gasteiger partial charge is 0.461 e. The van der Waals surface area contributed by atoms with Crippen molar-refractivity contribution in [1.29, 1.82) is 0 Å². The van der Waals surface area contributed by atoms with Gasteiger partial charge in [-0.05, 0) is 37.3 Å². The summed E-state index contributed by atoms with van der Waals surface area (Å²) in [5.74, 6) is 2.42. The van der Waals surface area contributed by atoms with Crippen LogP contribution in [0.15, 0.2) is 53.8 Å². The van der Waals surface area contributed by atoms with E-state index >= 15 is 0 Å². The van der Waals surface area contributed by atoms with E-state index in [4.69, 9.17) is 9.73 Å². The molecule has 7 heteroatoms. The van der Waals surface area contributed by atoms with E-state index in [0.29, 0.717) is 17.0 Å². The van der Waals surface area contributed by atoms with Gasteiger partial charge in [0.15, 0.2) is 5.69 Å². The molecule has 0 saturated heterocycles. The number of esters is 1. The van der Waals surface area contributed by atoms with Crippen LogP contribution in [0.1, 0.15) is 39.8 Å². The molecule has 0 unspecified atom stereocenters. The van der Waals surface area contributed by atoms with E-state index in [1.165, 1.54) is 6.07 Å². The summed E-state index contributed by atoms with van der Waals surface area (Å²) in [6, 6.07) is 12.4. The minimum atomic E-state index is -1.57. The first kappa shape index (κ1) is 21.7. The molecule has 5 nitrogen and oxygen atoms in total. The Morgan fingerprint density at radius 2 is 1.97 bits per heavy atom. The van der Waals surface area contributed by atoms with Crippen LogP contribution in [-0.4, -0.2) is 35.9 Å². The Morgan fingerprint density at radius 1 is 1.19 bits per heavy atom. The number of halogens is 1. The summed E-state index contributed by atoms with van der Waals surface area (Å²) in [6.45, 7) is 8.73. The summed E-state index contributed by atoms with van der Waals surface area (Å²) in [5, 5.41) is 0. The molecule has 0 radical (unpaired) electrons. The van der Waals surface area contributed by atoms with Crippen molar-refractivity contribution in [3.8, 4) is 17.2 Å². The smallest absolute Gasteiger partial charge is 0.358 e. The SMILES string of the molecule is CCOC(=O)c1ncn2c1CN=C(c1ccccc1F)c1cc(C#C[Si](C)(C)C)ccc1-2. The minimum absolute atomic E-state index is 0.169. The molecule has 162 valence electrons. The quantitative estimate of drug-likeness (QED) is 0.332. The van der Waals surface area contributed by atoms with E-state index in [-0.39, 0.29) is 24.7 Å². The number of aliphatic imine (C=N–C) groups is 1. The fraction of sp³-hybridized carbons (Fsp3) is 0.240. The van der Waals surface area contributed by atoms with Gasteiger partial charge in [0.2, 0.25) is 0 Å². The highest BCUT2D eigenvalue weighted by Crippen LogP contribution is 2.28. The molecule has 0 aliphatic carbocycles. The highest BCUT2D eigenvalue weighted by molar-refractivity contribution is 6.83. The van der Waals surface area contributed by atoms with Crippen molar-refractivity contribution in [2.24, 2.45) is 4.99 Å². The molecule has 0 atom stereocenters. The first-order valence-electron chi connectivity index (χ1n) is 10.5. The lowest BCUT2D eigenvalue weighted by Gasteiger charge is -2.13. The van der Waals surface area contributed by atoms with Crippen LogP contribution in [-0.2, 0) is 11.3 Å². The Hall–Kier alpha value is -3.50. The van der Waals surface area contributed by atoms with Crippen molar-refractivity contribution < 1.29 is 13.9 Å².